The molecule has 1 aliphatic rings. The summed E-state index contributed by atoms with van der Waals surface area (Å²) in [5.74, 6) is 0.134. The number of anilines is 1. The quantitative estimate of drug-likeness (QED) is 0.571. The summed E-state index contributed by atoms with van der Waals surface area (Å²) in [5, 5.41) is 15.1. The van der Waals surface area contributed by atoms with Gasteiger partial charge >= 0.3 is 0 Å². The Kier molecular flexibility index (Phi) is 5.23. The van der Waals surface area contributed by atoms with Crippen molar-refractivity contribution in [1.82, 2.24) is 14.9 Å². The van der Waals surface area contributed by atoms with E-state index < -0.39 is 0 Å². The van der Waals surface area contributed by atoms with Gasteiger partial charge in [-0.05, 0) is 75.0 Å². The number of phenolic OH excluding ortho intramolecular Hbond substituents is 1. The Labute approximate surface area is 180 Å². The third-order valence-corrected chi connectivity index (χ3v) is 6.09. The summed E-state index contributed by atoms with van der Waals surface area (Å²) in [6.07, 6.45) is 1.78. The van der Waals surface area contributed by atoms with Gasteiger partial charge in [-0.15, -0.1) is 0 Å². The number of aryl methyl sites for hydroxylation is 1. The lowest BCUT2D eigenvalue weighted by Gasteiger charge is -2.28. The van der Waals surface area contributed by atoms with E-state index in [0.717, 1.165) is 17.8 Å². The molecule has 2 atom stereocenters. The van der Waals surface area contributed by atoms with Crippen LogP contribution in [0.3, 0.4) is 0 Å². The lowest BCUT2D eigenvalue weighted by Crippen LogP contribution is -2.29. The van der Waals surface area contributed by atoms with E-state index in [1.165, 1.54) is 11.4 Å². The number of hydrogen-bond donors (Lipinski definition) is 2. The predicted octanol–water partition coefficient (Wildman–Crippen LogP) is 5.06. The van der Waals surface area contributed by atoms with Crippen LogP contribution in [-0.4, -0.2) is 19.8 Å². The van der Waals surface area contributed by atoms with Crippen LogP contribution in [0.1, 0.15) is 41.7 Å². The summed E-state index contributed by atoms with van der Waals surface area (Å²) in [7, 11) is 0. The smallest absolute Gasteiger partial charge is 0.174 e. The van der Waals surface area contributed by atoms with Crippen LogP contribution in [0.15, 0.2) is 48.7 Å². The highest BCUT2D eigenvalue weighted by atomic mass is 35.5. The molecule has 0 unspecified atom stereocenters. The zero-order chi connectivity index (χ0) is 20.7. The van der Waals surface area contributed by atoms with Crippen LogP contribution >= 0.6 is 23.8 Å². The first-order valence-corrected chi connectivity index (χ1v) is 10.4. The highest BCUT2D eigenvalue weighted by Crippen LogP contribution is 2.46. The maximum Gasteiger partial charge on any atom is 0.174 e. The molecule has 5 nitrogen and oxygen atoms in total. The number of aromatic nitrogens is 2. The molecule has 29 heavy (non-hydrogen) atoms. The van der Waals surface area contributed by atoms with Gasteiger partial charge in [-0.1, -0.05) is 17.7 Å². The number of hydrogen-bond acceptors (Lipinski definition) is 3. The van der Waals surface area contributed by atoms with E-state index >= 15 is 0 Å². The average Bonchev–Trinajstić information content (AvgIpc) is 3.19. The minimum atomic E-state index is -0.173. The second-order valence-corrected chi connectivity index (χ2v) is 8.02. The van der Waals surface area contributed by atoms with Crippen molar-refractivity contribution in [1.29, 1.82) is 0 Å². The first-order chi connectivity index (χ1) is 13.9. The van der Waals surface area contributed by atoms with Crippen LogP contribution in [0.25, 0.3) is 0 Å². The normalized spacial score (nSPS) is 18.9. The zero-order valence-corrected chi connectivity index (χ0v) is 18.1. The first kappa shape index (κ1) is 19.7. The van der Waals surface area contributed by atoms with Gasteiger partial charge in [0, 0.05) is 29.2 Å². The van der Waals surface area contributed by atoms with Crippen molar-refractivity contribution in [2.75, 3.05) is 4.90 Å². The van der Waals surface area contributed by atoms with E-state index in [4.69, 9.17) is 23.8 Å². The molecule has 4 rings (SSSR count). The van der Waals surface area contributed by atoms with Crippen molar-refractivity contribution >= 4 is 34.6 Å². The van der Waals surface area contributed by atoms with Gasteiger partial charge in [-0.2, -0.15) is 0 Å². The van der Waals surface area contributed by atoms with Gasteiger partial charge in [0.05, 0.1) is 23.5 Å². The third-order valence-electron chi connectivity index (χ3n) is 5.54. The Balaban J connectivity index is 1.92. The average molecular weight is 427 g/mol. The van der Waals surface area contributed by atoms with Crippen LogP contribution in [0.5, 0.6) is 5.75 Å². The van der Waals surface area contributed by atoms with Crippen LogP contribution < -0.4 is 10.2 Å². The Morgan fingerprint density at radius 3 is 2.66 bits per heavy atom. The minimum absolute atomic E-state index is 0.134. The molecular formula is C22H23ClN4OS. The van der Waals surface area contributed by atoms with Gasteiger partial charge in [0.25, 0.3) is 0 Å². The number of aromatic hydroxyl groups is 1. The molecule has 1 aliphatic heterocycles. The van der Waals surface area contributed by atoms with Gasteiger partial charge in [-0.3, -0.25) is 4.98 Å². The van der Waals surface area contributed by atoms with Crippen molar-refractivity contribution in [3.05, 3.63) is 76.3 Å². The molecule has 7 heteroatoms. The van der Waals surface area contributed by atoms with E-state index in [1.54, 1.807) is 24.4 Å². The molecule has 0 bridgehead atoms. The van der Waals surface area contributed by atoms with Gasteiger partial charge in [0.1, 0.15) is 5.75 Å². The molecule has 0 radical (unpaired) electrons. The molecule has 0 spiro atoms. The Bertz CT molecular complexity index is 1070. The summed E-state index contributed by atoms with van der Waals surface area (Å²) in [5.41, 5.74) is 4.98. The highest BCUT2D eigenvalue weighted by Gasteiger charge is 2.43. The number of nitrogens with one attached hydrogen (secondary N) is 1. The molecule has 1 saturated heterocycles. The molecular weight excluding hydrogens is 404 g/mol. The van der Waals surface area contributed by atoms with E-state index in [0.29, 0.717) is 15.8 Å². The number of nitrogens with zero attached hydrogens (tertiary/aromatic N) is 3. The number of rotatable bonds is 4. The number of thiocarbonyl (C=S) groups is 1. The summed E-state index contributed by atoms with van der Waals surface area (Å²) in [6.45, 7) is 7.26. The Hall–Kier alpha value is -2.57. The van der Waals surface area contributed by atoms with Crippen molar-refractivity contribution in [2.45, 2.75) is 39.4 Å². The molecule has 3 heterocycles. The number of benzene rings is 1. The lowest BCUT2D eigenvalue weighted by atomic mass is 9.96. The van der Waals surface area contributed by atoms with E-state index in [2.05, 4.69) is 41.7 Å². The minimum Gasteiger partial charge on any atom is -0.506 e. The zero-order valence-electron chi connectivity index (χ0n) is 16.6. The third kappa shape index (κ3) is 3.36. The molecule has 150 valence electrons. The van der Waals surface area contributed by atoms with Gasteiger partial charge in [0.15, 0.2) is 5.11 Å². The maximum absolute atomic E-state index is 10.6. The molecule has 0 saturated carbocycles. The summed E-state index contributed by atoms with van der Waals surface area (Å²) < 4.78 is 2.28. The molecule has 2 aromatic heterocycles. The Morgan fingerprint density at radius 1 is 1.21 bits per heavy atom. The number of halogens is 1. The fourth-order valence-electron chi connectivity index (χ4n) is 4.23. The van der Waals surface area contributed by atoms with E-state index in [1.807, 2.05) is 23.1 Å². The van der Waals surface area contributed by atoms with Crippen molar-refractivity contribution in [3.63, 3.8) is 0 Å². The van der Waals surface area contributed by atoms with Crippen molar-refractivity contribution in [2.24, 2.45) is 0 Å². The highest BCUT2D eigenvalue weighted by molar-refractivity contribution is 7.80. The predicted molar refractivity (Wildman–Crippen MR) is 121 cm³/mol. The molecule has 0 amide bonds. The molecule has 3 aromatic rings. The van der Waals surface area contributed by atoms with Gasteiger partial charge in [0.2, 0.25) is 0 Å². The van der Waals surface area contributed by atoms with Crippen LogP contribution in [0, 0.1) is 13.8 Å². The first-order valence-electron chi connectivity index (χ1n) is 9.58. The second-order valence-electron chi connectivity index (χ2n) is 7.20. The van der Waals surface area contributed by atoms with Crippen LogP contribution in [0.2, 0.25) is 5.02 Å². The lowest BCUT2D eigenvalue weighted by molar-refractivity contribution is 0.472. The molecule has 1 aromatic carbocycles. The largest absolute Gasteiger partial charge is 0.506 e. The fraction of sp³-hybridized carbons (Fsp3) is 0.273. The van der Waals surface area contributed by atoms with E-state index in [9.17, 15) is 5.11 Å². The number of pyridine rings is 1. The number of phenols is 1. The summed E-state index contributed by atoms with van der Waals surface area (Å²) in [6, 6.07) is 12.7. The fourth-order valence-corrected chi connectivity index (χ4v) is 4.74. The molecule has 2 N–H and O–H groups in total. The monoisotopic (exact) mass is 426 g/mol. The second kappa shape index (κ2) is 7.69. The van der Waals surface area contributed by atoms with Gasteiger partial charge < -0.3 is 19.9 Å². The SMILES string of the molecule is CCn1c(C)cc([C@H]2[C@H](c3ccccn3)NC(=S)N2c2cc(Cl)ccc2O)c1C. The van der Waals surface area contributed by atoms with E-state index in [-0.39, 0.29) is 17.8 Å². The van der Waals surface area contributed by atoms with Crippen LogP contribution in [-0.2, 0) is 6.54 Å². The standard InChI is InChI=1S/C22H23ClN4OS/c1-4-26-13(2)11-16(14(26)3)21-20(17-7-5-6-10-24-17)25-22(29)27(21)18-12-15(23)8-9-19(18)28/h5-12,20-21,28H,4H2,1-3H3,(H,25,29)/t20-,21-/m0/s1. The van der Waals surface area contributed by atoms with Crippen molar-refractivity contribution < 1.29 is 5.11 Å². The Morgan fingerprint density at radius 2 is 2.00 bits per heavy atom. The molecule has 1 fully saturated rings. The topological polar surface area (TPSA) is 53.3 Å². The summed E-state index contributed by atoms with van der Waals surface area (Å²) in [4.78, 5) is 6.53. The molecule has 0 aliphatic carbocycles. The van der Waals surface area contributed by atoms with Crippen molar-refractivity contribution in [3.8, 4) is 5.75 Å². The maximum atomic E-state index is 10.6. The van der Waals surface area contributed by atoms with Crippen LogP contribution in [0.4, 0.5) is 5.69 Å². The van der Waals surface area contributed by atoms with Gasteiger partial charge in [-0.25, -0.2) is 0 Å². The summed E-state index contributed by atoms with van der Waals surface area (Å²) >= 11 is 12.0.